The molecule has 0 amide bonds. The summed E-state index contributed by atoms with van der Waals surface area (Å²) in [5.74, 6) is -0.145. The average Bonchev–Trinajstić information content (AvgIpc) is 2.78. The summed E-state index contributed by atoms with van der Waals surface area (Å²) in [4.78, 5) is 0. The van der Waals surface area contributed by atoms with Gasteiger partial charge in [-0.1, -0.05) is 18.2 Å². The van der Waals surface area contributed by atoms with Gasteiger partial charge in [-0.3, -0.25) is 0 Å². The molecule has 1 aliphatic rings. The van der Waals surface area contributed by atoms with Crippen LogP contribution in [0.3, 0.4) is 0 Å². The molecule has 0 aromatic heterocycles. The van der Waals surface area contributed by atoms with Crippen molar-refractivity contribution in [3.63, 3.8) is 0 Å². The number of nitrogens with zero attached hydrogens (tertiary/aromatic N) is 2. The van der Waals surface area contributed by atoms with Gasteiger partial charge in [0.2, 0.25) is 0 Å². The van der Waals surface area contributed by atoms with Crippen LogP contribution in [0.4, 0.5) is 13.2 Å². The van der Waals surface area contributed by atoms with Crippen molar-refractivity contribution in [3.8, 4) is 5.75 Å². The predicted molar refractivity (Wildman–Crippen MR) is 69.8 cm³/mol. The number of hydrazine groups is 1. The largest absolute Gasteiger partial charge is 0.573 e. The van der Waals surface area contributed by atoms with E-state index >= 15 is 0 Å². The van der Waals surface area contributed by atoms with Crippen LogP contribution in [0.1, 0.15) is 18.1 Å². The number of ether oxygens (including phenoxy) is 1. The van der Waals surface area contributed by atoms with Crippen molar-refractivity contribution < 1.29 is 17.9 Å². The van der Waals surface area contributed by atoms with Crippen molar-refractivity contribution in [2.75, 3.05) is 13.1 Å². The summed E-state index contributed by atoms with van der Waals surface area (Å²) in [6.45, 7) is 6.00. The molecule has 0 saturated carbocycles. The van der Waals surface area contributed by atoms with Crippen LogP contribution in [0.15, 0.2) is 30.5 Å². The van der Waals surface area contributed by atoms with Gasteiger partial charge >= 0.3 is 6.36 Å². The molecule has 0 N–H and O–H groups in total. The van der Waals surface area contributed by atoms with Crippen molar-refractivity contribution >= 4 is 0 Å². The lowest BCUT2D eigenvalue weighted by Crippen LogP contribution is -2.34. The summed E-state index contributed by atoms with van der Waals surface area (Å²) in [5.41, 5.74) is 1.44. The minimum Gasteiger partial charge on any atom is -0.406 e. The minimum absolute atomic E-state index is 0.145. The van der Waals surface area contributed by atoms with Crippen molar-refractivity contribution in [2.24, 2.45) is 0 Å². The standard InChI is InChI=1S/C14H17F3N2O/c1-3-18-7-4-8-19(18)10-12-5-6-13(11(2)9-12)20-14(15,16)17/h4-7,9H,3,8,10H2,1-2H3. The van der Waals surface area contributed by atoms with E-state index in [0.717, 1.165) is 18.7 Å². The van der Waals surface area contributed by atoms with Crippen LogP contribution in [0, 0.1) is 6.92 Å². The Morgan fingerprint density at radius 2 is 2.05 bits per heavy atom. The molecule has 6 heteroatoms. The lowest BCUT2D eigenvalue weighted by atomic mass is 10.1. The van der Waals surface area contributed by atoms with E-state index in [-0.39, 0.29) is 5.75 Å². The van der Waals surface area contributed by atoms with Gasteiger partial charge in [0.1, 0.15) is 5.75 Å². The molecule has 0 atom stereocenters. The Bertz CT molecular complexity index is 500. The predicted octanol–water partition coefficient (Wildman–Crippen LogP) is 3.46. The molecular weight excluding hydrogens is 269 g/mol. The minimum atomic E-state index is -4.65. The van der Waals surface area contributed by atoms with Gasteiger partial charge in [0.05, 0.1) is 0 Å². The van der Waals surface area contributed by atoms with E-state index in [1.807, 2.05) is 13.1 Å². The molecule has 0 saturated heterocycles. The molecule has 0 radical (unpaired) electrons. The second-order valence-corrected chi connectivity index (χ2v) is 4.64. The summed E-state index contributed by atoms with van der Waals surface area (Å²) in [6, 6.07) is 4.77. The maximum Gasteiger partial charge on any atom is 0.573 e. The third kappa shape index (κ3) is 3.66. The molecular formula is C14H17F3N2O. The zero-order valence-electron chi connectivity index (χ0n) is 11.4. The van der Waals surface area contributed by atoms with Crippen molar-refractivity contribution in [1.82, 2.24) is 10.0 Å². The summed E-state index contributed by atoms with van der Waals surface area (Å²) < 4.78 is 40.6. The molecule has 20 heavy (non-hydrogen) atoms. The highest BCUT2D eigenvalue weighted by atomic mass is 19.4. The van der Waals surface area contributed by atoms with Crippen molar-refractivity contribution in [1.29, 1.82) is 0 Å². The normalized spacial score (nSPS) is 15.9. The highest BCUT2D eigenvalue weighted by molar-refractivity contribution is 5.36. The fraction of sp³-hybridized carbons (Fsp3) is 0.429. The SMILES string of the molecule is CCN1C=CCN1Cc1ccc(OC(F)(F)F)c(C)c1. The Morgan fingerprint density at radius 1 is 1.30 bits per heavy atom. The van der Waals surface area contributed by atoms with Gasteiger partial charge in [-0.15, -0.1) is 13.2 Å². The van der Waals surface area contributed by atoms with E-state index in [0.29, 0.717) is 12.1 Å². The van der Waals surface area contributed by atoms with Gasteiger partial charge in [-0.05, 0) is 31.0 Å². The van der Waals surface area contributed by atoms with Gasteiger partial charge < -0.3 is 9.75 Å². The molecule has 0 unspecified atom stereocenters. The first-order valence-corrected chi connectivity index (χ1v) is 6.42. The van der Waals surface area contributed by atoms with Crippen LogP contribution in [0.2, 0.25) is 0 Å². The number of rotatable bonds is 4. The molecule has 0 spiro atoms. The van der Waals surface area contributed by atoms with E-state index < -0.39 is 6.36 Å². The smallest absolute Gasteiger partial charge is 0.406 e. The summed E-state index contributed by atoms with van der Waals surface area (Å²) >= 11 is 0. The maximum absolute atomic E-state index is 12.2. The number of alkyl halides is 3. The van der Waals surface area contributed by atoms with E-state index in [2.05, 4.69) is 20.8 Å². The highest BCUT2D eigenvalue weighted by Crippen LogP contribution is 2.27. The summed E-state index contributed by atoms with van der Waals surface area (Å²) in [5, 5.41) is 4.20. The summed E-state index contributed by atoms with van der Waals surface area (Å²) in [6.07, 6.45) is -0.588. The average molecular weight is 286 g/mol. The maximum atomic E-state index is 12.2. The zero-order valence-corrected chi connectivity index (χ0v) is 11.4. The monoisotopic (exact) mass is 286 g/mol. The molecule has 3 nitrogen and oxygen atoms in total. The molecule has 1 aromatic carbocycles. The number of benzene rings is 1. The first kappa shape index (κ1) is 14.7. The Kier molecular flexibility index (Phi) is 4.23. The third-order valence-corrected chi connectivity index (χ3v) is 3.11. The Morgan fingerprint density at radius 3 is 2.65 bits per heavy atom. The van der Waals surface area contributed by atoms with Crippen molar-refractivity contribution in [2.45, 2.75) is 26.8 Å². The van der Waals surface area contributed by atoms with E-state index in [1.54, 1.807) is 19.1 Å². The van der Waals surface area contributed by atoms with Gasteiger partial charge in [-0.2, -0.15) is 0 Å². The molecule has 1 heterocycles. The van der Waals surface area contributed by atoms with Gasteiger partial charge in [0.25, 0.3) is 0 Å². The number of hydrogen-bond acceptors (Lipinski definition) is 3. The molecule has 0 aliphatic carbocycles. The van der Waals surface area contributed by atoms with Gasteiger partial charge in [-0.25, -0.2) is 5.01 Å². The van der Waals surface area contributed by atoms with Gasteiger partial charge in [0, 0.05) is 25.8 Å². The fourth-order valence-electron chi connectivity index (χ4n) is 2.21. The van der Waals surface area contributed by atoms with E-state index in [9.17, 15) is 13.2 Å². The van der Waals surface area contributed by atoms with Crippen LogP contribution in [-0.4, -0.2) is 29.5 Å². The van der Waals surface area contributed by atoms with E-state index in [4.69, 9.17) is 0 Å². The van der Waals surface area contributed by atoms with Crippen LogP contribution < -0.4 is 4.74 Å². The number of halogens is 3. The highest BCUT2D eigenvalue weighted by Gasteiger charge is 2.31. The number of hydrogen-bond donors (Lipinski definition) is 0. The lowest BCUT2D eigenvalue weighted by molar-refractivity contribution is -0.274. The van der Waals surface area contributed by atoms with Crippen LogP contribution in [0.5, 0.6) is 5.75 Å². The van der Waals surface area contributed by atoms with Crippen LogP contribution in [0.25, 0.3) is 0 Å². The van der Waals surface area contributed by atoms with Crippen LogP contribution >= 0.6 is 0 Å². The first-order chi connectivity index (χ1) is 9.39. The summed E-state index contributed by atoms with van der Waals surface area (Å²) in [7, 11) is 0. The Hall–Kier alpha value is -1.69. The Labute approximate surface area is 116 Å². The second kappa shape index (κ2) is 5.75. The third-order valence-electron chi connectivity index (χ3n) is 3.11. The number of aryl methyl sites for hydroxylation is 1. The first-order valence-electron chi connectivity index (χ1n) is 6.42. The molecule has 2 rings (SSSR count). The van der Waals surface area contributed by atoms with E-state index in [1.165, 1.54) is 6.07 Å². The lowest BCUT2D eigenvalue weighted by Gasteiger charge is -2.28. The Balaban J connectivity index is 2.06. The van der Waals surface area contributed by atoms with Crippen molar-refractivity contribution in [3.05, 3.63) is 41.6 Å². The van der Waals surface area contributed by atoms with Crippen LogP contribution in [-0.2, 0) is 6.54 Å². The quantitative estimate of drug-likeness (QED) is 0.843. The molecule has 1 aromatic rings. The molecule has 1 aliphatic heterocycles. The zero-order chi connectivity index (χ0) is 14.8. The fourth-order valence-corrected chi connectivity index (χ4v) is 2.21. The molecule has 0 bridgehead atoms. The molecule has 0 fully saturated rings. The topological polar surface area (TPSA) is 15.7 Å². The molecule has 110 valence electrons. The van der Waals surface area contributed by atoms with Gasteiger partial charge in [0.15, 0.2) is 0 Å². The second-order valence-electron chi connectivity index (χ2n) is 4.64.